The zero-order valence-electron chi connectivity index (χ0n) is 11.6. The predicted octanol–water partition coefficient (Wildman–Crippen LogP) is 4.26. The molecule has 0 heterocycles. The van der Waals surface area contributed by atoms with Crippen LogP contribution in [0.4, 0.5) is 5.69 Å². The van der Waals surface area contributed by atoms with Crippen molar-refractivity contribution < 1.29 is 14.8 Å². The molecule has 2 aromatic carbocycles. The Morgan fingerprint density at radius 3 is 2.52 bits per heavy atom. The number of aliphatic hydroxyl groups is 1. The van der Waals surface area contributed by atoms with E-state index in [-0.39, 0.29) is 12.3 Å². The van der Waals surface area contributed by atoms with Crippen molar-refractivity contribution >= 4 is 21.6 Å². The summed E-state index contributed by atoms with van der Waals surface area (Å²) in [5.41, 5.74) is 2.19. The number of nitro benzene ring substituents is 1. The molecule has 0 spiro atoms. The highest BCUT2D eigenvalue weighted by molar-refractivity contribution is 9.10. The van der Waals surface area contributed by atoms with Gasteiger partial charge in [-0.15, -0.1) is 0 Å². The summed E-state index contributed by atoms with van der Waals surface area (Å²) in [4.78, 5) is 10.6. The van der Waals surface area contributed by atoms with Crippen LogP contribution >= 0.6 is 15.9 Å². The van der Waals surface area contributed by atoms with E-state index in [0.717, 1.165) is 15.6 Å². The number of nitro groups is 1. The van der Waals surface area contributed by atoms with Gasteiger partial charge in [-0.1, -0.05) is 22.0 Å². The second-order valence-corrected chi connectivity index (χ2v) is 5.53. The molecule has 0 aliphatic carbocycles. The molecule has 1 N–H and O–H groups in total. The average molecular weight is 352 g/mol. The molecular weight excluding hydrogens is 338 g/mol. The molecule has 0 aromatic heterocycles. The Morgan fingerprint density at radius 1 is 1.24 bits per heavy atom. The summed E-state index contributed by atoms with van der Waals surface area (Å²) in [6, 6.07) is 8.32. The van der Waals surface area contributed by atoms with Crippen molar-refractivity contribution in [2.75, 3.05) is 0 Å². The minimum Gasteiger partial charge on any atom is -0.457 e. The highest BCUT2D eigenvalue weighted by Crippen LogP contribution is 2.33. The van der Waals surface area contributed by atoms with E-state index in [9.17, 15) is 10.1 Å². The van der Waals surface area contributed by atoms with Crippen molar-refractivity contribution in [3.63, 3.8) is 0 Å². The number of nitrogens with zero attached hydrogens (tertiary/aromatic N) is 1. The Hall–Kier alpha value is -1.92. The Balaban J connectivity index is 2.37. The molecule has 0 saturated carbocycles. The molecule has 0 amide bonds. The molecule has 0 radical (unpaired) electrons. The van der Waals surface area contributed by atoms with Crippen LogP contribution in [-0.4, -0.2) is 10.0 Å². The van der Waals surface area contributed by atoms with Gasteiger partial charge >= 0.3 is 0 Å². The lowest BCUT2D eigenvalue weighted by atomic mass is 10.1. The van der Waals surface area contributed by atoms with E-state index in [2.05, 4.69) is 15.9 Å². The molecule has 0 unspecified atom stereocenters. The predicted molar refractivity (Wildman–Crippen MR) is 82.7 cm³/mol. The fraction of sp³-hybridized carbons (Fsp3) is 0.200. The van der Waals surface area contributed by atoms with Crippen molar-refractivity contribution in [3.8, 4) is 11.5 Å². The molecule has 0 fully saturated rings. The summed E-state index contributed by atoms with van der Waals surface area (Å²) in [5.74, 6) is 0.983. The minimum absolute atomic E-state index is 0.0293. The molecule has 0 atom stereocenters. The van der Waals surface area contributed by atoms with E-state index in [4.69, 9.17) is 9.84 Å². The van der Waals surface area contributed by atoms with E-state index >= 15 is 0 Å². The highest BCUT2D eigenvalue weighted by atomic mass is 79.9. The third-order valence-electron chi connectivity index (χ3n) is 3.11. The van der Waals surface area contributed by atoms with Gasteiger partial charge in [-0.25, -0.2) is 0 Å². The number of ether oxygens (including phenoxy) is 1. The van der Waals surface area contributed by atoms with E-state index in [1.165, 1.54) is 6.07 Å². The lowest BCUT2D eigenvalue weighted by Crippen LogP contribution is -1.96. The largest absolute Gasteiger partial charge is 0.457 e. The summed E-state index contributed by atoms with van der Waals surface area (Å²) in [6.45, 7) is 3.46. The van der Waals surface area contributed by atoms with Crippen LogP contribution in [0.2, 0.25) is 0 Å². The van der Waals surface area contributed by atoms with Crippen LogP contribution in [0.15, 0.2) is 34.8 Å². The van der Waals surface area contributed by atoms with Gasteiger partial charge < -0.3 is 9.84 Å². The number of rotatable bonds is 4. The normalized spacial score (nSPS) is 10.5. The first kappa shape index (κ1) is 15.5. The molecule has 0 aliphatic heterocycles. The first-order chi connectivity index (χ1) is 9.92. The van der Waals surface area contributed by atoms with Gasteiger partial charge in [-0.3, -0.25) is 10.1 Å². The van der Waals surface area contributed by atoms with Crippen LogP contribution in [0.25, 0.3) is 0 Å². The summed E-state index contributed by atoms with van der Waals surface area (Å²) in [5, 5.41) is 20.1. The Bertz CT molecular complexity index is 700. The van der Waals surface area contributed by atoms with E-state index < -0.39 is 4.92 Å². The van der Waals surface area contributed by atoms with Gasteiger partial charge in [0.2, 0.25) is 0 Å². The van der Waals surface area contributed by atoms with Crippen molar-refractivity contribution in [1.29, 1.82) is 0 Å². The van der Waals surface area contributed by atoms with Crippen LogP contribution in [0.3, 0.4) is 0 Å². The molecule has 110 valence electrons. The third-order valence-corrected chi connectivity index (χ3v) is 3.85. The Labute approximate surface area is 130 Å². The topological polar surface area (TPSA) is 72.6 Å². The first-order valence-corrected chi connectivity index (χ1v) is 7.04. The van der Waals surface area contributed by atoms with Gasteiger partial charge in [0.05, 0.1) is 17.6 Å². The van der Waals surface area contributed by atoms with E-state index in [0.29, 0.717) is 17.1 Å². The molecule has 2 rings (SSSR count). The number of benzene rings is 2. The van der Waals surface area contributed by atoms with Gasteiger partial charge in [-0.05, 0) is 43.2 Å². The number of hydrogen-bond acceptors (Lipinski definition) is 4. The number of hydrogen-bond donors (Lipinski definition) is 1. The molecular formula is C15H14BrNO4. The molecule has 2 aromatic rings. The molecule has 21 heavy (non-hydrogen) atoms. The van der Waals surface area contributed by atoms with Crippen LogP contribution in [-0.2, 0) is 6.61 Å². The SMILES string of the molecule is Cc1cc(C)c([N+](=O)[O-])cc1Oc1ccc(CO)c(Br)c1. The average Bonchev–Trinajstić information content (AvgIpc) is 2.41. The summed E-state index contributed by atoms with van der Waals surface area (Å²) >= 11 is 3.34. The molecule has 0 aliphatic rings. The smallest absolute Gasteiger partial charge is 0.276 e. The van der Waals surface area contributed by atoms with Crippen molar-refractivity contribution in [1.82, 2.24) is 0 Å². The number of aliphatic hydroxyl groups excluding tert-OH is 1. The quantitative estimate of drug-likeness (QED) is 0.659. The van der Waals surface area contributed by atoms with Crippen molar-refractivity contribution in [2.45, 2.75) is 20.5 Å². The second-order valence-electron chi connectivity index (χ2n) is 4.67. The number of halogens is 1. The minimum atomic E-state index is -0.424. The molecule has 6 heteroatoms. The lowest BCUT2D eigenvalue weighted by Gasteiger charge is -2.11. The zero-order valence-corrected chi connectivity index (χ0v) is 13.2. The van der Waals surface area contributed by atoms with Crippen molar-refractivity contribution in [3.05, 3.63) is 61.6 Å². The maximum Gasteiger partial charge on any atom is 0.276 e. The standard InChI is InChI=1S/C15H14BrNO4/c1-9-5-10(2)15(7-14(9)17(19)20)21-12-4-3-11(8-18)13(16)6-12/h3-7,18H,8H2,1-2H3. The second kappa shape index (κ2) is 6.24. The maximum atomic E-state index is 11.0. The van der Waals surface area contributed by atoms with Gasteiger partial charge in [0.15, 0.2) is 0 Å². The fourth-order valence-corrected chi connectivity index (χ4v) is 2.46. The first-order valence-electron chi connectivity index (χ1n) is 6.25. The van der Waals surface area contributed by atoms with E-state index in [1.54, 1.807) is 31.2 Å². The monoisotopic (exact) mass is 351 g/mol. The van der Waals surface area contributed by atoms with E-state index in [1.807, 2.05) is 6.92 Å². The molecule has 0 bridgehead atoms. The van der Waals surface area contributed by atoms with Crippen molar-refractivity contribution in [2.24, 2.45) is 0 Å². The zero-order chi connectivity index (χ0) is 15.6. The summed E-state index contributed by atoms with van der Waals surface area (Å²) in [6.07, 6.45) is 0. The highest BCUT2D eigenvalue weighted by Gasteiger charge is 2.15. The maximum absolute atomic E-state index is 11.0. The molecule has 5 nitrogen and oxygen atoms in total. The fourth-order valence-electron chi connectivity index (χ4n) is 1.98. The molecule has 0 saturated heterocycles. The van der Waals surface area contributed by atoms with Gasteiger partial charge in [0.25, 0.3) is 5.69 Å². The third kappa shape index (κ3) is 3.40. The van der Waals surface area contributed by atoms with Crippen LogP contribution in [0.5, 0.6) is 11.5 Å². The van der Waals surface area contributed by atoms with Gasteiger partial charge in [-0.2, -0.15) is 0 Å². The van der Waals surface area contributed by atoms with Crippen LogP contribution < -0.4 is 4.74 Å². The lowest BCUT2D eigenvalue weighted by molar-refractivity contribution is -0.385. The number of aryl methyl sites for hydroxylation is 2. The summed E-state index contributed by atoms with van der Waals surface area (Å²) < 4.78 is 6.44. The van der Waals surface area contributed by atoms with Gasteiger partial charge in [0.1, 0.15) is 11.5 Å². The summed E-state index contributed by atoms with van der Waals surface area (Å²) in [7, 11) is 0. The Morgan fingerprint density at radius 2 is 1.95 bits per heavy atom. The van der Waals surface area contributed by atoms with Gasteiger partial charge in [0, 0.05) is 10.0 Å². The van der Waals surface area contributed by atoms with Crippen LogP contribution in [0.1, 0.15) is 16.7 Å². The Kier molecular flexibility index (Phi) is 4.59. The van der Waals surface area contributed by atoms with Crippen LogP contribution in [0, 0.1) is 24.0 Å².